The van der Waals surface area contributed by atoms with Crippen LogP contribution in [0.4, 0.5) is 0 Å². The molecule has 0 radical (unpaired) electrons. The molecule has 1 nitrogen and oxygen atoms in total. The van der Waals surface area contributed by atoms with Gasteiger partial charge in [-0.05, 0) is 66.6 Å². The maximum absolute atomic E-state index is 2.62. The highest BCUT2D eigenvalue weighted by molar-refractivity contribution is 5.65. The summed E-state index contributed by atoms with van der Waals surface area (Å²) >= 11 is 0. The van der Waals surface area contributed by atoms with E-state index in [1.165, 1.54) is 53.7 Å². The Bertz CT molecular complexity index is 667. The molecule has 1 heteroatoms. The first-order chi connectivity index (χ1) is 11.0. The van der Waals surface area contributed by atoms with E-state index in [4.69, 9.17) is 0 Å². The van der Waals surface area contributed by atoms with Crippen LogP contribution in [0.25, 0.3) is 11.1 Å². The molecule has 0 aliphatic carbocycles. The average Bonchev–Trinajstić information content (AvgIpc) is 2.65. The summed E-state index contributed by atoms with van der Waals surface area (Å²) in [5, 5.41) is 0. The van der Waals surface area contributed by atoms with Crippen LogP contribution in [0.2, 0.25) is 0 Å². The zero-order valence-corrected chi connectivity index (χ0v) is 15.0. The van der Waals surface area contributed by atoms with Gasteiger partial charge in [0.15, 0.2) is 0 Å². The molecule has 23 heavy (non-hydrogen) atoms. The third kappa shape index (κ3) is 3.50. The SMILES string of the molecule is CCCN1CCC(C)(C)c2ccc(-c3ccc(C)cc3)cc2C1. The summed E-state index contributed by atoms with van der Waals surface area (Å²) in [5.74, 6) is 0. The second-order valence-electron chi connectivity index (χ2n) is 7.65. The predicted molar refractivity (Wildman–Crippen MR) is 99.8 cm³/mol. The Balaban J connectivity index is 2.00. The zero-order valence-electron chi connectivity index (χ0n) is 15.0. The van der Waals surface area contributed by atoms with E-state index in [0.717, 1.165) is 6.54 Å². The van der Waals surface area contributed by atoms with Crippen LogP contribution >= 0.6 is 0 Å². The summed E-state index contributed by atoms with van der Waals surface area (Å²) in [6.07, 6.45) is 2.47. The number of benzene rings is 2. The number of hydrogen-bond acceptors (Lipinski definition) is 1. The van der Waals surface area contributed by atoms with Gasteiger partial charge in [0.2, 0.25) is 0 Å². The molecule has 0 fully saturated rings. The Morgan fingerprint density at radius 1 is 1.00 bits per heavy atom. The summed E-state index contributed by atoms with van der Waals surface area (Å²) in [6, 6.07) is 16.0. The molecule has 0 saturated heterocycles. The van der Waals surface area contributed by atoms with Crippen molar-refractivity contribution in [2.45, 2.75) is 52.5 Å². The number of aryl methyl sites for hydroxylation is 1. The van der Waals surface area contributed by atoms with Crippen molar-refractivity contribution in [2.75, 3.05) is 13.1 Å². The minimum absolute atomic E-state index is 0.267. The van der Waals surface area contributed by atoms with E-state index in [0.29, 0.717) is 0 Å². The van der Waals surface area contributed by atoms with E-state index in [1.54, 1.807) is 0 Å². The number of rotatable bonds is 3. The molecule has 0 spiro atoms. The van der Waals surface area contributed by atoms with Crippen LogP contribution in [-0.4, -0.2) is 18.0 Å². The summed E-state index contributed by atoms with van der Waals surface area (Å²) in [6.45, 7) is 12.7. The first kappa shape index (κ1) is 16.3. The lowest BCUT2D eigenvalue weighted by atomic mass is 9.79. The molecular formula is C22H29N. The quantitative estimate of drug-likeness (QED) is 0.718. The van der Waals surface area contributed by atoms with Gasteiger partial charge in [-0.25, -0.2) is 0 Å². The van der Waals surface area contributed by atoms with Gasteiger partial charge in [-0.1, -0.05) is 62.7 Å². The molecule has 3 rings (SSSR count). The topological polar surface area (TPSA) is 3.24 Å². The molecular weight excluding hydrogens is 278 g/mol. The van der Waals surface area contributed by atoms with Crippen molar-refractivity contribution in [3.05, 3.63) is 59.2 Å². The third-order valence-electron chi connectivity index (χ3n) is 5.21. The molecule has 2 aromatic rings. The van der Waals surface area contributed by atoms with E-state index in [1.807, 2.05) is 0 Å². The summed E-state index contributed by atoms with van der Waals surface area (Å²) in [7, 11) is 0. The fraction of sp³-hybridized carbons (Fsp3) is 0.455. The van der Waals surface area contributed by atoms with E-state index in [-0.39, 0.29) is 5.41 Å². The Labute approximate surface area is 141 Å². The van der Waals surface area contributed by atoms with Gasteiger partial charge in [0, 0.05) is 6.54 Å². The molecule has 0 N–H and O–H groups in total. The first-order valence-electron chi connectivity index (χ1n) is 8.92. The monoisotopic (exact) mass is 307 g/mol. The molecule has 1 aliphatic heterocycles. The van der Waals surface area contributed by atoms with E-state index < -0.39 is 0 Å². The molecule has 122 valence electrons. The molecule has 0 atom stereocenters. The van der Waals surface area contributed by atoms with Gasteiger partial charge in [0.25, 0.3) is 0 Å². The molecule has 1 heterocycles. The predicted octanol–water partition coefficient (Wildman–Crippen LogP) is 5.56. The zero-order chi connectivity index (χ0) is 16.4. The molecule has 0 unspecified atom stereocenters. The van der Waals surface area contributed by atoms with Gasteiger partial charge in [-0.3, -0.25) is 4.90 Å². The van der Waals surface area contributed by atoms with Crippen LogP contribution in [0.5, 0.6) is 0 Å². The van der Waals surface area contributed by atoms with Crippen LogP contribution in [0.3, 0.4) is 0 Å². The fourth-order valence-corrected chi connectivity index (χ4v) is 3.71. The van der Waals surface area contributed by atoms with Crippen molar-refractivity contribution in [1.29, 1.82) is 0 Å². The van der Waals surface area contributed by atoms with E-state index in [2.05, 4.69) is 75.1 Å². The lowest BCUT2D eigenvalue weighted by Crippen LogP contribution is -2.25. The van der Waals surface area contributed by atoms with Crippen molar-refractivity contribution in [2.24, 2.45) is 0 Å². The standard InChI is InChI=1S/C22H29N/c1-5-13-23-14-12-22(3,4)21-11-10-19(15-20(21)16-23)18-8-6-17(2)7-9-18/h6-11,15H,5,12-14,16H2,1-4H3. The fourth-order valence-electron chi connectivity index (χ4n) is 3.71. The summed E-state index contributed by atoms with van der Waals surface area (Å²) in [4.78, 5) is 2.62. The third-order valence-corrected chi connectivity index (χ3v) is 5.21. The Kier molecular flexibility index (Phi) is 4.59. The van der Waals surface area contributed by atoms with Crippen molar-refractivity contribution in [1.82, 2.24) is 4.90 Å². The van der Waals surface area contributed by atoms with Crippen molar-refractivity contribution < 1.29 is 0 Å². The maximum Gasteiger partial charge on any atom is 0.0236 e. The normalized spacial score (nSPS) is 17.6. The molecule has 1 aliphatic rings. The lowest BCUT2D eigenvalue weighted by molar-refractivity contribution is 0.255. The van der Waals surface area contributed by atoms with Crippen LogP contribution in [0.1, 0.15) is 50.3 Å². The summed E-state index contributed by atoms with van der Waals surface area (Å²) in [5.41, 5.74) is 7.30. The molecule has 0 aromatic heterocycles. The number of nitrogens with zero attached hydrogens (tertiary/aromatic N) is 1. The van der Waals surface area contributed by atoms with Crippen LogP contribution in [0, 0.1) is 6.92 Å². The minimum Gasteiger partial charge on any atom is -0.299 e. The molecule has 0 bridgehead atoms. The van der Waals surface area contributed by atoms with Crippen LogP contribution in [0.15, 0.2) is 42.5 Å². The Morgan fingerprint density at radius 3 is 2.39 bits per heavy atom. The molecule has 0 saturated carbocycles. The Morgan fingerprint density at radius 2 is 1.70 bits per heavy atom. The highest BCUT2D eigenvalue weighted by atomic mass is 15.1. The van der Waals surface area contributed by atoms with Gasteiger partial charge >= 0.3 is 0 Å². The second-order valence-corrected chi connectivity index (χ2v) is 7.65. The highest BCUT2D eigenvalue weighted by Gasteiger charge is 2.28. The number of fused-ring (bicyclic) bond motifs is 1. The highest BCUT2D eigenvalue weighted by Crippen LogP contribution is 2.36. The van der Waals surface area contributed by atoms with Crippen molar-refractivity contribution in [3.8, 4) is 11.1 Å². The average molecular weight is 307 g/mol. The van der Waals surface area contributed by atoms with Gasteiger partial charge < -0.3 is 0 Å². The van der Waals surface area contributed by atoms with Crippen molar-refractivity contribution >= 4 is 0 Å². The maximum atomic E-state index is 2.62. The van der Waals surface area contributed by atoms with Gasteiger partial charge in [-0.15, -0.1) is 0 Å². The second kappa shape index (κ2) is 6.49. The molecule has 2 aromatic carbocycles. The van der Waals surface area contributed by atoms with Crippen LogP contribution in [-0.2, 0) is 12.0 Å². The largest absolute Gasteiger partial charge is 0.299 e. The lowest BCUT2D eigenvalue weighted by Gasteiger charge is -2.25. The summed E-state index contributed by atoms with van der Waals surface area (Å²) < 4.78 is 0. The van der Waals surface area contributed by atoms with Gasteiger partial charge in [-0.2, -0.15) is 0 Å². The van der Waals surface area contributed by atoms with Gasteiger partial charge in [0.05, 0.1) is 0 Å². The minimum atomic E-state index is 0.267. The molecule has 0 amide bonds. The van der Waals surface area contributed by atoms with E-state index >= 15 is 0 Å². The van der Waals surface area contributed by atoms with Crippen molar-refractivity contribution in [3.63, 3.8) is 0 Å². The Hall–Kier alpha value is -1.60. The number of hydrogen-bond donors (Lipinski definition) is 0. The smallest absolute Gasteiger partial charge is 0.0236 e. The van der Waals surface area contributed by atoms with E-state index in [9.17, 15) is 0 Å². The van der Waals surface area contributed by atoms with Crippen LogP contribution < -0.4 is 0 Å². The first-order valence-corrected chi connectivity index (χ1v) is 8.92. The van der Waals surface area contributed by atoms with Gasteiger partial charge in [0.1, 0.15) is 0 Å².